The molecule has 5 aliphatic rings. The topological polar surface area (TPSA) is 229 Å². The number of ketones is 1. The van der Waals surface area contributed by atoms with Gasteiger partial charge in [0.05, 0.1) is 42.3 Å². The Bertz CT molecular complexity index is 2390. The minimum Gasteiger partial charge on any atom is -0.456 e. The van der Waals surface area contributed by atoms with Gasteiger partial charge >= 0.3 is 24.1 Å². The molecule has 11 atom stereocenters. The number of carbonyl (C=O) groups is 6. The van der Waals surface area contributed by atoms with Gasteiger partial charge in [0.25, 0.3) is 5.91 Å². The number of aliphatic hydroxyl groups is 2. The second-order valence-electron chi connectivity index (χ2n) is 18.1. The molecule has 4 bridgehead atoms. The molecule has 8 rings (SSSR count). The summed E-state index contributed by atoms with van der Waals surface area (Å²) >= 11 is 0. The highest BCUT2D eigenvalue weighted by atomic mass is 16.7. The smallest absolute Gasteiger partial charge is 0.456 e. The molecule has 350 valence electrons. The van der Waals surface area contributed by atoms with Crippen LogP contribution in [0.4, 0.5) is 4.79 Å². The van der Waals surface area contributed by atoms with Gasteiger partial charge in [-0.1, -0.05) is 80.6 Å². The van der Waals surface area contributed by atoms with E-state index in [1.165, 1.54) is 32.9 Å². The van der Waals surface area contributed by atoms with Crippen LogP contribution in [0.25, 0.3) is 0 Å². The highest BCUT2D eigenvalue weighted by Crippen LogP contribution is 2.65. The maximum Gasteiger partial charge on any atom is 0.509 e. The lowest BCUT2D eigenvalue weighted by Crippen LogP contribution is -2.82. The zero-order valence-electron chi connectivity index (χ0n) is 37.1. The number of fused-ring (bicyclic) bond motifs is 6. The fourth-order valence-corrected chi connectivity index (χ4v) is 10.7. The minimum absolute atomic E-state index is 0.0107. The summed E-state index contributed by atoms with van der Waals surface area (Å²) in [5.74, 6) is -5.80. The monoisotopic (exact) mass is 911 g/mol. The number of cyclic esters (lactones) is 1. The predicted octanol–water partition coefficient (Wildman–Crippen LogP) is 4.34. The molecule has 2 saturated carbocycles. The summed E-state index contributed by atoms with van der Waals surface area (Å²) in [6.45, 7) is 6.33. The summed E-state index contributed by atoms with van der Waals surface area (Å²) in [7, 11) is 0. The van der Waals surface area contributed by atoms with Crippen molar-refractivity contribution in [3.63, 3.8) is 0 Å². The fourth-order valence-electron chi connectivity index (χ4n) is 10.7. The first-order valence-corrected chi connectivity index (χ1v) is 21.8. The Hall–Kier alpha value is -5.98. The van der Waals surface area contributed by atoms with Crippen LogP contribution in [0.2, 0.25) is 0 Å². The van der Waals surface area contributed by atoms with Crippen molar-refractivity contribution >= 4 is 35.8 Å². The molecule has 0 aromatic heterocycles. The maximum absolute atomic E-state index is 16.0. The van der Waals surface area contributed by atoms with Crippen molar-refractivity contribution in [3.8, 4) is 0 Å². The van der Waals surface area contributed by atoms with Crippen LogP contribution in [0.15, 0.2) is 102 Å². The first-order valence-electron chi connectivity index (χ1n) is 21.8. The summed E-state index contributed by atoms with van der Waals surface area (Å²) in [6, 6.07) is 23.1. The van der Waals surface area contributed by atoms with Crippen LogP contribution in [0, 0.1) is 16.7 Å². The molecule has 2 heterocycles. The van der Waals surface area contributed by atoms with Crippen LogP contribution in [0.5, 0.6) is 0 Å². The molecule has 0 radical (unpaired) electrons. The van der Waals surface area contributed by atoms with E-state index in [9.17, 15) is 34.2 Å². The first-order chi connectivity index (χ1) is 31.4. The van der Waals surface area contributed by atoms with Gasteiger partial charge in [0.1, 0.15) is 37.3 Å². The standard InChI is InChI=1S/C49H53NO16/c1-27-32(63-44(56)37(52)36(29-15-9-6-10-16-29)50-42(54)30-17-11-7-12-18-30)24-49(58)41(65-43(55)31-19-13-8-14-20-31)39-47(5)33(23-34-48(39,25-61-34)66-28(2)51)62-26-59-21-22-60-45(57)64-38(40(47)53)35(27)46(49,3)4/h6-20,32-34,36-39,41,52,58H,21-26H2,1-5H3,(H,50,54)/t32-,33-,34+,36-,37+,38+,39?,41-,47+,48-,49+/m0/s1. The number of esters is 3. The largest absolute Gasteiger partial charge is 0.509 e. The quantitative estimate of drug-likeness (QED) is 0.154. The summed E-state index contributed by atoms with van der Waals surface area (Å²) in [4.78, 5) is 85.2. The van der Waals surface area contributed by atoms with Crippen LogP contribution in [-0.2, 0) is 52.3 Å². The zero-order chi connectivity index (χ0) is 47.2. The molecular formula is C49H53NO16. The number of benzene rings is 3. The molecule has 3 aromatic carbocycles. The summed E-state index contributed by atoms with van der Waals surface area (Å²) in [5, 5.41) is 28.5. The normalized spacial score (nSPS) is 32.3. The maximum atomic E-state index is 16.0. The molecule has 4 fully saturated rings. The molecule has 3 aliphatic carbocycles. The van der Waals surface area contributed by atoms with E-state index in [4.69, 9.17) is 37.9 Å². The number of amides is 1. The van der Waals surface area contributed by atoms with Crippen molar-refractivity contribution in [2.45, 2.75) is 101 Å². The van der Waals surface area contributed by atoms with Gasteiger partial charge in [-0.05, 0) is 54.8 Å². The fraction of sp³-hybridized carbons (Fsp3) is 0.469. The SMILES string of the molecule is CC(=O)O[C@@]12CO[C@@H]1C[C@@H]1OCOCCOC(=O)O[C@H]3C(=O)[C@@]1(C)C2[C@H](OC(=O)c1ccccc1)[C@]1(O)C[C@H](OC(=O)[C@H](O)[C@@H](NC(=O)c2ccccc2)c2ccccc2)C(C)=C3C1(C)C. The van der Waals surface area contributed by atoms with Crippen LogP contribution < -0.4 is 5.32 Å². The van der Waals surface area contributed by atoms with E-state index in [1.807, 2.05) is 0 Å². The Balaban J connectivity index is 1.30. The van der Waals surface area contributed by atoms with E-state index in [0.717, 1.165) is 0 Å². The van der Waals surface area contributed by atoms with Gasteiger partial charge in [-0.2, -0.15) is 0 Å². The van der Waals surface area contributed by atoms with Crippen LogP contribution in [0.1, 0.15) is 79.8 Å². The van der Waals surface area contributed by atoms with Crippen molar-refractivity contribution in [3.05, 3.63) is 119 Å². The van der Waals surface area contributed by atoms with Crippen molar-refractivity contribution in [2.24, 2.45) is 16.7 Å². The number of rotatable bonds is 9. The molecule has 2 aliphatic heterocycles. The van der Waals surface area contributed by atoms with Crippen molar-refractivity contribution < 1.29 is 76.9 Å². The number of Topliss-reactive ketones (excluding diaryl/α,β-unsaturated/α-hetero) is 1. The summed E-state index contributed by atoms with van der Waals surface area (Å²) in [6.07, 6.45) is -11.2. The average molecular weight is 912 g/mol. The average Bonchev–Trinajstić information content (AvgIpc) is 3.29. The van der Waals surface area contributed by atoms with Crippen LogP contribution >= 0.6 is 0 Å². The lowest BCUT2D eigenvalue weighted by atomic mass is 9.44. The molecule has 17 nitrogen and oxygen atoms in total. The van der Waals surface area contributed by atoms with E-state index in [0.29, 0.717) is 5.56 Å². The Kier molecular flexibility index (Phi) is 12.7. The zero-order valence-corrected chi connectivity index (χ0v) is 37.1. The summed E-state index contributed by atoms with van der Waals surface area (Å²) in [5.41, 5.74) is -6.93. The van der Waals surface area contributed by atoms with Gasteiger partial charge in [0.2, 0.25) is 0 Å². The van der Waals surface area contributed by atoms with E-state index >= 15 is 4.79 Å². The number of hydrogen-bond donors (Lipinski definition) is 3. The third kappa shape index (κ3) is 7.95. The van der Waals surface area contributed by atoms with Gasteiger partial charge in [0.15, 0.2) is 23.6 Å². The molecule has 0 spiro atoms. The van der Waals surface area contributed by atoms with Gasteiger partial charge < -0.3 is 53.4 Å². The second kappa shape index (κ2) is 18.0. The highest BCUT2D eigenvalue weighted by Gasteiger charge is 2.79. The lowest BCUT2D eigenvalue weighted by Gasteiger charge is -2.67. The molecule has 17 heteroatoms. The predicted molar refractivity (Wildman–Crippen MR) is 228 cm³/mol. The summed E-state index contributed by atoms with van der Waals surface area (Å²) < 4.78 is 48.2. The van der Waals surface area contributed by atoms with Gasteiger partial charge in [0, 0.05) is 30.7 Å². The van der Waals surface area contributed by atoms with Gasteiger partial charge in [-0.25, -0.2) is 14.4 Å². The third-order valence-corrected chi connectivity index (χ3v) is 14.2. The molecule has 1 unspecified atom stereocenters. The van der Waals surface area contributed by atoms with Crippen LogP contribution in [0.3, 0.4) is 0 Å². The Morgan fingerprint density at radius 3 is 2.09 bits per heavy atom. The van der Waals surface area contributed by atoms with Crippen molar-refractivity contribution in [1.82, 2.24) is 5.32 Å². The van der Waals surface area contributed by atoms with Crippen molar-refractivity contribution in [2.75, 3.05) is 26.6 Å². The Labute approximate surface area is 380 Å². The Morgan fingerprint density at radius 2 is 1.47 bits per heavy atom. The van der Waals surface area contributed by atoms with E-state index in [2.05, 4.69) is 5.32 Å². The molecule has 1 amide bonds. The Morgan fingerprint density at radius 1 is 0.833 bits per heavy atom. The van der Waals surface area contributed by atoms with E-state index < -0.39 is 113 Å². The molecular weight excluding hydrogens is 859 g/mol. The molecule has 2 saturated heterocycles. The third-order valence-electron chi connectivity index (χ3n) is 14.2. The number of nitrogens with one attached hydrogen (secondary N) is 1. The number of ether oxygens (including phenoxy) is 8. The lowest BCUT2D eigenvalue weighted by molar-refractivity contribution is -0.352. The van der Waals surface area contributed by atoms with Crippen molar-refractivity contribution in [1.29, 1.82) is 0 Å². The van der Waals surface area contributed by atoms with Gasteiger partial charge in [-0.3, -0.25) is 14.4 Å². The number of hydrogen-bond acceptors (Lipinski definition) is 16. The second-order valence-corrected chi connectivity index (χ2v) is 18.1. The van der Waals surface area contributed by atoms with Gasteiger partial charge in [-0.15, -0.1) is 0 Å². The van der Waals surface area contributed by atoms with Crippen LogP contribution in [-0.4, -0.2) is 120 Å². The molecule has 3 N–H and O–H groups in total. The van der Waals surface area contributed by atoms with E-state index in [-0.39, 0.29) is 55.3 Å². The highest BCUT2D eigenvalue weighted by molar-refractivity contribution is 5.96. The minimum atomic E-state index is -2.40. The van der Waals surface area contributed by atoms with E-state index in [1.54, 1.807) is 92.7 Å². The number of carbonyl (C=O) groups excluding carboxylic acids is 6. The molecule has 66 heavy (non-hydrogen) atoms. The molecule has 3 aromatic rings. The first kappa shape index (κ1) is 46.5. The number of aliphatic hydroxyl groups excluding tert-OH is 1.